The molecule has 0 spiro atoms. The zero-order chi connectivity index (χ0) is 14.7. The highest BCUT2D eigenvalue weighted by Gasteiger charge is 2.12. The fourth-order valence-corrected chi connectivity index (χ4v) is 2.93. The fourth-order valence-electron chi connectivity index (χ4n) is 2.93. The second-order valence-electron chi connectivity index (χ2n) is 5.83. The van der Waals surface area contributed by atoms with Crippen molar-refractivity contribution in [1.29, 1.82) is 0 Å². The van der Waals surface area contributed by atoms with Crippen molar-refractivity contribution in [3.05, 3.63) is 35.9 Å². The molecule has 0 bridgehead atoms. The number of hydrogen-bond acceptors (Lipinski definition) is 4. The third-order valence-electron chi connectivity index (χ3n) is 4.21. The molecular formula is C17H24N4. The number of likely N-dealkylation sites (N-methyl/N-ethyl adjacent to an activating group) is 1. The number of benzene rings is 1. The molecule has 0 aliphatic carbocycles. The molecule has 1 aliphatic rings. The first-order chi connectivity index (χ1) is 10.2. The van der Waals surface area contributed by atoms with Gasteiger partial charge in [0, 0.05) is 51.7 Å². The summed E-state index contributed by atoms with van der Waals surface area (Å²) in [5.41, 5.74) is 2.32. The number of pyridine rings is 1. The molecule has 0 saturated carbocycles. The third kappa shape index (κ3) is 3.34. The van der Waals surface area contributed by atoms with E-state index in [2.05, 4.69) is 59.4 Å². The molecule has 1 N–H and O–H groups in total. The number of fused-ring (bicyclic) bond motifs is 1. The molecule has 4 heteroatoms. The number of nitrogens with one attached hydrogen (secondary N) is 1. The van der Waals surface area contributed by atoms with Gasteiger partial charge in [-0.2, -0.15) is 0 Å². The van der Waals surface area contributed by atoms with Crippen molar-refractivity contribution in [1.82, 2.24) is 15.2 Å². The minimum absolute atomic E-state index is 1.02. The van der Waals surface area contributed by atoms with Gasteiger partial charge in [0.15, 0.2) is 0 Å². The van der Waals surface area contributed by atoms with Gasteiger partial charge in [-0.1, -0.05) is 18.2 Å². The van der Waals surface area contributed by atoms with Crippen molar-refractivity contribution in [3.63, 3.8) is 0 Å². The van der Waals surface area contributed by atoms with Crippen LogP contribution in [0.5, 0.6) is 0 Å². The Labute approximate surface area is 126 Å². The molecule has 0 unspecified atom stereocenters. The van der Waals surface area contributed by atoms with Crippen LogP contribution in [0.3, 0.4) is 0 Å². The number of anilines is 1. The van der Waals surface area contributed by atoms with Crippen LogP contribution in [0.2, 0.25) is 0 Å². The Morgan fingerprint density at radius 3 is 2.81 bits per heavy atom. The molecule has 0 amide bonds. The second kappa shape index (κ2) is 6.41. The van der Waals surface area contributed by atoms with Gasteiger partial charge in [0.25, 0.3) is 0 Å². The van der Waals surface area contributed by atoms with Crippen molar-refractivity contribution in [2.75, 3.05) is 51.2 Å². The van der Waals surface area contributed by atoms with Crippen LogP contribution in [0.15, 0.2) is 30.3 Å². The van der Waals surface area contributed by atoms with Gasteiger partial charge in [0.2, 0.25) is 0 Å². The van der Waals surface area contributed by atoms with Crippen molar-refractivity contribution < 1.29 is 0 Å². The lowest BCUT2D eigenvalue weighted by Crippen LogP contribution is -2.46. The van der Waals surface area contributed by atoms with E-state index in [1.54, 1.807) is 0 Å². The van der Waals surface area contributed by atoms with Crippen LogP contribution in [0.4, 0.5) is 5.82 Å². The lowest BCUT2D eigenvalue weighted by Gasteiger charge is -2.29. The van der Waals surface area contributed by atoms with E-state index in [0.29, 0.717) is 0 Å². The minimum Gasteiger partial charge on any atom is -0.358 e. The minimum atomic E-state index is 1.02. The molecule has 2 aromatic rings. The number of nitrogens with zero attached hydrogens (tertiary/aromatic N) is 3. The molecule has 1 aliphatic heterocycles. The Morgan fingerprint density at radius 2 is 2.00 bits per heavy atom. The van der Waals surface area contributed by atoms with Crippen LogP contribution >= 0.6 is 0 Å². The van der Waals surface area contributed by atoms with Crippen molar-refractivity contribution >= 4 is 16.7 Å². The molecule has 3 rings (SSSR count). The maximum Gasteiger partial charge on any atom is 0.131 e. The van der Waals surface area contributed by atoms with Gasteiger partial charge in [-0.3, -0.25) is 4.90 Å². The van der Waals surface area contributed by atoms with Crippen LogP contribution in [-0.4, -0.2) is 56.2 Å². The molecule has 1 aromatic heterocycles. The number of aryl methyl sites for hydroxylation is 1. The quantitative estimate of drug-likeness (QED) is 0.929. The number of hydrogen-bond donors (Lipinski definition) is 1. The molecule has 1 saturated heterocycles. The average Bonchev–Trinajstić information content (AvgIpc) is 2.53. The van der Waals surface area contributed by atoms with E-state index in [1.807, 2.05) is 0 Å². The number of piperazine rings is 1. The van der Waals surface area contributed by atoms with E-state index in [-0.39, 0.29) is 0 Å². The first-order valence-electron chi connectivity index (χ1n) is 7.74. The highest BCUT2D eigenvalue weighted by Crippen LogP contribution is 2.21. The maximum absolute atomic E-state index is 4.83. The van der Waals surface area contributed by atoms with E-state index < -0.39 is 0 Å². The largest absolute Gasteiger partial charge is 0.358 e. The smallest absolute Gasteiger partial charge is 0.131 e. The topological polar surface area (TPSA) is 31.4 Å². The third-order valence-corrected chi connectivity index (χ3v) is 4.21. The normalized spacial score (nSPS) is 16.3. The van der Waals surface area contributed by atoms with Crippen molar-refractivity contribution in [3.8, 4) is 0 Å². The summed E-state index contributed by atoms with van der Waals surface area (Å²) in [7, 11) is 2.15. The number of aromatic nitrogens is 1. The van der Waals surface area contributed by atoms with Gasteiger partial charge in [-0.15, -0.1) is 0 Å². The second-order valence-corrected chi connectivity index (χ2v) is 5.83. The first-order valence-corrected chi connectivity index (χ1v) is 7.74. The SMILES string of the molecule is Cc1cc2ccccc2nc1N(C)CCN1CCNCC1. The average molecular weight is 284 g/mol. The van der Waals surface area contributed by atoms with Gasteiger partial charge >= 0.3 is 0 Å². The van der Waals surface area contributed by atoms with Gasteiger partial charge in [0.1, 0.15) is 5.82 Å². The zero-order valence-electron chi connectivity index (χ0n) is 13.0. The highest BCUT2D eigenvalue weighted by molar-refractivity contribution is 5.81. The Hall–Kier alpha value is -1.65. The maximum atomic E-state index is 4.83. The number of para-hydroxylation sites is 1. The number of rotatable bonds is 4. The molecular weight excluding hydrogens is 260 g/mol. The van der Waals surface area contributed by atoms with E-state index in [9.17, 15) is 0 Å². The van der Waals surface area contributed by atoms with Crippen molar-refractivity contribution in [2.45, 2.75) is 6.92 Å². The summed E-state index contributed by atoms with van der Waals surface area (Å²) in [4.78, 5) is 9.63. The molecule has 1 fully saturated rings. The summed E-state index contributed by atoms with van der Waals surface area (Å²) in [5, 5.41) is 4.61. The summed E-state index contributed by atoms with van der Waals surface area (Å²) in [6.07, 6.45) is 0. The van der Waals surface area contributed by atoms with Crippen LogP contribution < -0.4 is 10.2 Å². The first kappa shape index (κ1) is 14.3. The van der Waals surface area contributed by atoms with Gasteiger partial charge in [0.05, 0.1) is 5.52 Å². The molecule has 0 radical (unpaired) electrons. The molecule has 0 atom stereocenters. The van der Waals surface area contributed by atoms with Crippen LogP contribution in [0.25, 0.3) is 10.9 Å². The monoisotopic (exact) mass is 284 g/mol. The lowest BCUT2D eigenvalue weighted by molar-refractivity contribution is 0.246. The molecule has 112 valence electrons. The predicted molar refractivity (Wildman–Crippen MR) is 89.1 cm³/mol. The van der Waals surface area contributed by atoms with Crippen LogP contribution in [-0.2, 0) is 0 Å². The van der Waals surface area contributed by atoms with Gasteiger partial charge in [-0.05, 0) is 24.6 Å². The van der Waals surface area contributed by atoms with E-state index in [4.69, 9.17) is 4.98 Å². The van der Waals surface area contributed by atoms with E-state index in [1.165, 1.54) is 10.9 Å². The Balaban J connectivity index is 1.71. The fraction of sp³-hybridized carbons (Fsp3) is 0.471. The lowest BCUT2D eigenvalue weighted by atomic mass is 10.1. The Morgan fingerprint density at radius 1 is 1.24 bits per heavy atom. The van der Waals surface area contributed by atoms with E-state index >= 15 is 0 Å². The van der Waals surface area contributed by atoms with Gasteiger partial charge < -0.3 is 10.2 Å². The highest BCUT2D eigenvalue weighted by atomic mass is 15.2. The summed E-state index contributed by atoms with van der Waals surface area (Å²) >= 11 is 0. The molecule has 2 heterocycles. The summed E-state index contributed by atoms with van der Waals surface area (Å²) < 4.78 is 0. The summed E-state index contributed by atoms with van der Waals surface area (Å²) in [6, 6.07) is 10.6. The van der Waals surface area contributed by atoms with Gasteiger partial charge in [-0.25, -0.2) is 4.98 Å². The summed E-state index contributed by atoms with van der Waals surface area (Å²) in [6.45, 7) is 8.79. The Bertz CT molecular complexity index is 605. The van der Waals surface area contributed by atoms with Crippen LogP contribution in [0.1, 0.15) is 5.56 Å². The molecule has 21 heavy (non-hydrogen) atoms. The molecule has 1 aromatic carbocycles. The standard InChI is InChI=1S/C17H24N4/c1-14-13-15-5-3-4-6-16(15)19-17(14)20(2)11-12-21-9-7-18-8-10-21/h3-6,13,18H,7-12H2,1-2H3. The summed E-state index contributed by atoms with van der Waals surface area (Å²) in [5.74, 6) is 1.10. The molecule has 4 nitrogen and oxygen atoms in total. The Kier molecular flexibility index (Phi) is 4.36. The predicted octanol–water partition coefficient (Wildman–Crippen LogP) is 1.88. The van der Waals surface area contributed by atoms with Crippen molar-refractivity contribution in [2.24, 2.45) is 0 Å². The van der Waals surface area contributed by atoms with Crippen LogP contribution in [0, 0.1) is 6.92 Å². The zero-order valence-corrected chi connectivity index (χ0v) is 13.0. The van der Waals surface area contributed by atoms with E-state index in [0.717, 1.165) is 50.6 Å².